The Hall–Kier alpha value is -1.01. The highest BCUT2D eigenvalue weighted by molar-refractivity contribution is 6.35. The lowest BCUT2D eigenvalue weighted by Crippen LogP contribution is -2.53. The maximum absolute atomic E-state index is 12.3. The van der Waals surface area contributed by atoms with Gasteiger partial charge < -0.3 is 15.3 Å². The number of halogens is 2. The number of urea groups is 1. The Morgan fingerprint density at radius 3 is 2.59 bits per heavy atom. The first kappa shape index (κ1) is 17.3. The lowest BCUT2D eigenvalue weighted by atomic mass is 10.2. The molecule has 0 aromatic heterocycles. The number of amides is 2. The fourth-order valence-electron chi connectivity index (χ4n) is 2.58. The molecule has 2 rings (SSSR count). The molecule has 122 valence electrons. The molecule has 1 saturated heterocycles. The van der Waals surface area contributed by atoms with Crippen molar-refractivity contribution < 1.29 is 9.90 Å². The van der Waals surface area contributed by atoms with E-state index in [4.69, 9.17) is 23.2 Å². The van der Waals surface area contributed by atoms with Crippen molar-refractivity contribution in [2.45, 2.75) is 19.4 Å². The highest BCUT2D eigenvalue weighted by Gasteiger charge is 2.25. The van der Waals surface area contributed by atoms with E-state index >= 15 is 0 Å². The van der Waals surface area contributed by atoms with Gasteiger partial charge in [0.1, 0.15) is 0 Å². The van der Waals surface area contributed by atoms with E-state index in [-0.39, 0.29) is 18.7 Å². The van der Waals surface area contributed by atoms with Crippen molar-refractivity contribution in [1.29, 1.82) is 0 Å². The van der Waals surface area contributed by atoms with Crippen molar-refractivity contribution in [3.05, 3.63) is 28.2 Å². The van der Waals surface area contributed by atoms with E-state index in [1.165, 1.54) is 0 Å². The summed E-state index contributed by atoms with van der Waals surface area (Å²) in [6, 6.07) is 4.97. The molecule has 1 atom stereocenters. The average Bonchev–Trinajstić information content (AvgIpc) is 2.53. The summed E-state index contributed by atoms with van der Waals surface area (Å²) in [6.45, 7) is 4.98. The summed E-state index contributed by atoms with van der Waals surface area (Å²) < 4.78 is 0. The van der Waals surface area contributed by atoms with Gasteiger partial charge in [0.05, 0.1) is 17.3 Å². The maximum Gasteiger partial charge on any atom is 0.321 e. The van der Waals surface area contributed by atoms with Gasteiger partial charge in [0.2, 0.25) is 0 Å². The molecule has 1 aliphatic heterocycles. The molecule has 1 aromatic carbocycles. The first-order chi connectivity index (χ1) is 10.5. The molecule has 0 aliphatic carbocycles. The number of nitrogens with zero attached hydrogens (tertiary/aromatic N) is 2. The van der Waals surface area contributed by atoms with Crippen LogP contribution in [0.4, 0.5) is 10.5 Å². The summed E-state index contributed by atoms with van der Waals surface area (Å²) >= 11 is 12.0. The molecule has 1 heterocycles. The summed E-state index contributed by atoms with van der Waals surface area (Å²) in [6.07, 6.45) is 0.904. The predicted molar refractivity (Wildman–Crippen MR) is 89.8 cm³/mol. The third kappa shape index (κ3) is 4.26. The van der Waals surface area contributed by atoms with Gasteiger partial charge in [-0.15, -0.1) is 0 Å². The highest BCUT2D eigenvalue weighted by Crippen LogP contribution is 2.25. The Bertz CT molecular complexity index is 516. The smallest absolute Gasteiger partial charge is 0.321 e. The van der Waals surface area contributed by atoms with Crippen molar-refractivity contribution in [3.63, 3.8) is 0 Å². The third-order valence-corrected chi connectivity index (χ3v) is 4.53. The van der Waals surface area contributed by atoms with Crippen LogP contribution in [0.3, 0.4) is 0 Å². The SMILES string of the molecule is CCC(CO)N1CCN(C(=O)Nc2cc(Cl)ccc2Cl)CC1. The standard InChI is InChI=1S/C15H21Cl2N3O2/c1-2-12(10-21)19-5-7-20(8-6-19)15(22)18-14-9-11(16)3-4-13(14)17/h3-4,9,12,21H,2,5-8,10H2,1H3,(H,18,22). The quantitative estimate of drug-likeness (QED) is 0.881. The van der Waals surface area contributed by atoms with Crippen LogP contribution >= 0.6 is 23.2 Å². The summed E-state index contributed by atoms with van der Waals surface area (Å²) in [5.41, 5.74) is 0.517. The second-order valence-corrected chi connectivity index (χ2v) is 6.17. The van der Waals surface area contributed by atoms with E-state index in [1.54, 1.807) is 23.1 Å². The van der Waals surface area contributed by atoms with E-state index in [9.17, 15) is 9.90 Å². The Morgan fingerprint density at radius 2 is 2.00 bits per heavy atom. The molecule has 0 saturated carbocycles. The third-order valence-electron chi connectivity index (χ3n) is 3.97. The van der Waals surface area contributed by atoms with Crippen LogP contribution in [0.25, 0.3) is 0 Å². The minimum Gasteiger partial charge on any atom is -0.395 e. The Morgan fingerprint density at radius 1 is 1.32 bits per heavy atom. The monoisotopic (exact) mass is 345 g/mol. The van der Waals surface area contributed by atoms with Crippen molar-refractivity contribution in [3.8, 4) is 0 Å². The molecule has 1 aromatic rings. The fraction of sp³-hybridized carbons (Fsp3) is 0.533. The van der Waals surface area contributed by atoms with Gasteiger partial charge in [0, 0.05) is 37.2 Å². The Balaban J connectivity index is 1.91. The number of rotatable bonds is 4. The van der Waals surface area contributed by atoms with Crippen LogP contribution in [0, 0.1) is 0 Å². The summed E-state index contributed by atoms with van der Waals surface area (Å²) in [5, 5.41) is 13.1. The number of piperazine rings is 1. The van der Waals surface area contributed by atoms with Crippen LogP contribution in [0.5, 0.6) is 0 Å². The van der Waals surface area contributed by atoms with Crippen LogP contribution < -0.4 is 5.32 Å². The van der Waals surface area contributed by atoms with Gasteiger partial charge in [-0.05, 0) is 24.6 Å². The zero-order chi connectivity index (χ0) is 16.1. The summed E-state index contributed by atoms with van der Waals surface area (Å²) in [4.78, 5) is 16.3. The van der Waals surface area contributed by atoms with Crippen LogP contribution in [0.2, 0.25) is 10.0 Å². The molecule has 2 amide bonds. The minimum atomic E-state index is -0.180. The molecule has 7 heteroatoms. The average molecular weight is 346 g/mol. The number of aliphatic hydroxyl groups excluding tert-OH is 1. The Kier molecular flexibility index (Phi) is 6.32. The van der Waals surface area contributed by atoms with Gasteiger partial charge in [-0.2, -0.15) is 0 Å². The van der Waals surface area contributed by atoms with Crippen molar-refractivity contribution in [2.24, 2.45) is 0 Å². The van der Waals surface area contributed by atoms with Gasteiger partial charge >= 0.3 is 6.03 Å². The second kappa shape index (κ2) is 8.02. The molecule has 22 heavy (non-hydrogen) atoms. The normalized spacial score (nSPS) is 17.4. The maximum atomic E-state index is 12.3. The first-order valence-corrected chi connectivity index (χ1v) is 8.16. The van der Waals surface area contributed by atoms with Crippen LogP contribution in [-0.4, -0.2) is 59.8 Å². The zero-order valence-corrected chi connectivity index (χ0v) is 14.1. The van der Waals surface area contributed by atoms with Gasteiger partial charge in [0.15, 0.2) is 0 Å². The van der Waals surface area contributed by atoms with Crippen LogP contribution in [-0.2, 0) is 0 Å². The number of hydrogen-bond donors (Lipinski definition) is 2. The number of nitrogens with one attached hydrogen (secondary N) is 1. The summed E-state index contributed by atoms with van der Waals surface area (Å²) in [5.74, 6) is 0. The fourth-order valence-corrected chi connectivity index (χ4v) is 2.92. The second-order valence-electron chi connectivity index (χ2n) is 5.32. The summed E-state index contributed by atoms with van der Waals surface area (Å²) in [7, 11) is 0. The van der Waals surface area contributed by atoms with Crippen molar-refractivity contribution in [2.75, 3.05) is 38.1 Å². The lowest BCUT2D eigenvalue weighted by molar-refractivity contribution is 0.0766. The predicted octanol–water partition coefficient (Wildman–Crippen LogP) is 2.91. The number of aliphatic hydroxyl groups is 1. The van der Waals surface area contributed by atoms with E-state index in [2.05, 4.69) is 17.1 Å². The molecular formula is C15H21Cl2N3O2. The minimum absolute atomic E-state index is 0.154. The lowest BCUT2D eigenvalue weighted by Gasteiger charge is -2.38. The van der Waals surface area contributed by atoms with Gasteiger partial charge in [-0.1, -0.05) is 30.1 Å². The topological polar surface area (TPSA) is 55.8 Å². The van der Waals surface area contributed by atoms with E-state index in [0.29, 0.717) is 28.8 Å². The molecule has 5 nitrogen and oxygen atoms in total. The molecule has 2 N–H and O–H groups in total. The molecule has 1 aliphatic rings. The molecule has 0 bridgehead atoms. The number of benzene rings is 1. The zero-order valence-electron chi connectivity index (χ0n) is 12.6. The highest BCUT2D eigenvalue weighted by atomic mass is 35.5. The number of carbonyl (C=O) groups excluding carboxylic acids is 1. The number of hydrogen-bond acceptors (Lipinski definition) is 3. The molecule has 0 spiro atoms. The molecule has 1 unspecified atom stereocenters. The number of anilines is 1. The Labute approximate surface area is 140 Å². The molecular weight excluding hydrogens is 325 g/mol. The molecule has 1 fully saturated rings. The van der Waals surface area contributed by atoms with E-state index < -0.39 is 0 Å². The van der Waals surface area contributed by atoms with Crippen LogP contribution in [0.15, 0.2) is 18.2 Å². The molecule has 0 radical (unpaired) electrons. The largest absolute Gasteiger partial charge is 0.395 e. The van der Waals surface area contributed by atoms with Crippen LogP contribution in [0.1, 0.15) is 13.3 Å². The van der Waals surface area contributed by atoms with Gasteiger partial charge in [-0.25, -0.2) is 4.79 Å². The van der Waals surface area contributed by atoms with Gasteiger partial charge in [0.25, 0.3) is 0 Å². The van der Waals surface area contributed by atoms with E-state index in [0.717, 1.165) is 19.5 Å². The van der Waals surface area contributed by atoms with E-state index in [1.807, 2.05) is 0 Å². The van der Waals surface area contributed by atoms with Crippen molar-refractivity contribution >= 4 is 34.9 Å². The van der Waals surface area contributed by atoms with Crippen molar-refractivity contribution in [1.82, 2.24) is 9.80 Å². The van der Waals surface area contributed by atoms with Gasteiger partial charge in [-0.3, -0.25) is 4.90 Å². The first-order valence-electron chi connectivity index (χ1n) is 7.41. The number of carbonyl (C=O) groups is 1.